The van der Waals surface area contributed by atoms with Gasteiger partial charge in [0.2, 0.25) is 0 Å². The Morgan fingerprint density at radius 1 is 1.30 bits per heavy atom. The topological polar surface area (TPSA) is 38.5 Å². The summed E-state index contributed by atoms with van der Waals surface area (Å²) < 4.78 is 5.36. The van der Waals surface area contributed by atoms with Crippen LogP contribution in [0, 0.1) is 11.8 Å². The highest BCUT2D eigenvalue weighted by atomic mass is 16.5. The first-order chi connectivity index (χ1) is 9.56. The van der Waals surface area contributed by atoms with Crippen LogP contribution in [0.1, 0.15) is 38.8 Å². The monoisotopic (exact) mass is 276 g/mol. The molecule has 1 fully saturated rings. The largest absolute Gasteiger partial charge is 0.497 e. The van der Waals surface area contributed by atoms with Crippen molar-refractivity contribution in [3.63, 3.8) is 0 Å². The van der Waals surface area contributed by atoms with E-state index in [-0.39, 0.29) is 6.04 Å². The zero-order valence-electron chi connectivity index (χ0n) is 13.2. The molecule has 0 bridgehead atoms. The van der Waals surface area contributed by atoms with Crippen molar-refractivity contribution in [3.8, 4) is 5.75 Å². The molecule has 0 radical (unpaired) electrons. The van der Waals surface area contributed by atoms with Crippen LogP contribution in [-0.4, -0.2) is 31.1 Å². The molecule has 1 saturated heterocycles. The van der Waals surface area contributed by atoms with Crippen LogP contribution >= 0.6 is 0 Å². The second kappa shape index (κ2) is 6.59. The third-order valence-electron chi connectivity index (χ3n) is 4.72. The summed E-state index contributed by atoms with van der Waals surface area (Å²) in [5.41, 5.74) is 7.71. The van der Waals surface area contributed by atoms with Gasteiger partial charge < -0.3 is 10.5 Å². The van der Waals surface area contributed by atoms with Crippen molar-refractivity contribution in [1.29, 1.82) is 0 Å². The smallest absolute Gasteiger partial charge is 0.119 e. The molecular formula is C17H28N2O. The van der Waals surface area contributed by atoms with Crippen LogP contribution in [0.3, 0.4) is 0 Å². The van der Waals surface area contributed by atoms with Gasteiger partial charge in [-0.25, -0.2) is 0 Å². The Morgan fingerprint density at radius 2 is 1.95 bits per heavy atom. The number of hydrogen-bond donors (Lipinski definition) is 1. The van der Waals surface area contributed by atoms with Crippen LogP contribution in [0.4, 0.5) is 0 Å². The molecule has 3 nitrogen and oxygen atoms in total. The van der Waals surface area contributed by atoms with Crippen LogP contribution in [0.15, 0.2) is 24.3 Å². The number of ether oxygens (including phenoxy) is 1. The molecule has 2 rings (SSSR count). The predicted molar refractivity (Wildman–Crippen MR) is 83.9 cm³/mol. The molecule has 4 atom stereocenters. The molecule has 20 heavy (non-hydrogen) atoms. The zero-order valence-corrected chi connectivity index (χ0v) is 13.2. The van der Waals surface area contributed by atoms with Gasteiger partial charge in [0.25, 0.3) is 0 Å². The summed E-state index contributed by atoms with van der Waals surface area (Å²) in [4.78, 5) is 2.55. The first kappa shape index (κ1) is 15.3. The molecule has 0 saturated carbocycles. The van der Waals surface area contributed by atoms with Gasteiger partial charge in [-0.15, -0.1) is 0 Å². The lowest BCUT2D eigenvalue weighted by Crippen LogP contribution is -2.40. The van der Waals surface area contributed by atoms with Gasteiger partial charge in [-0.3, -0.25) is 4.90 Å². The molecule has 0 spiro atoms. The van der Waals surface area contributed by atoms with Crippen molar-refractivity contribution in [2.45, 2.75) is 39.3 Å². The van der Waals surface area contributed by atoms with Gasteiger partial charge in [-0.2, -0.15) is 0 Å². The molecule has 4 unspecified atom stereocenters. The van der Waals surface area contributed by atoms with Crippen LogP contribution in [0.2, 0.25) is 0 Å². The van der Waals surface area contributed by atoms with Crippen LogP contribution in [0.5, 0.6) is 5.75 Å². The fraction of sp³-hybridized carbons (Fsp3) is 0.647. The molecule has 0 aromatic heterocycles. The SMILES string of the molecule is CCC(N)C(c1cccc(OC)c1)N1CC(C)C(C)C1. The average molecular weight is 276 g/mol. The Kier molecular flexibility index (Phi) is 5.06. The normalized spacial score (nSPS) is 26.4. The highest BCUT2D eigenvalue weighted by Gasteiger charge is 2.34. The summed E-state index contributed by atoms with van der Waals surface area (Å²) >= 11 is 0. The number of likely N-dealkylation sites (tertiary alicyclic amines) is 1. The fourth-order valence-electron chi connectivity index (χ4n) is 3.18. The summed E-state index contributed by atoms with van der Waals surface area (Å²) in [5.74, 6) is 2.40. The number of benzene rings is 1. The van der Waals surface area contributed by atoms with Crippen LogP contribution < -0.4 is 10.5 Å². The maximum atomic E-state index is 6.43. The number of methoxy groups -OCH3 is 1. The minimum absolute atomic E-state index is 0.166. The van der Waals surface area contributed by atoms with Gasteiger partial charge in [-0.1, -0.05) is 32.9 Å². The summed E-state index contributed by atoms with van der Waals surface area (Å²) in [6.07, 6.45) is 0.987. The van der Waals surface area contributed by atoms with E-state index in [1.165, 1.54) is 5.56 Å². The number of hydrogen-bond acceptors (Lipinski definition) is 3. The molecule has 1 aliphatic heterocycles. The summed E-state index contributed by atoms with van der Waals surface area (Å²) in [6.45, 7) is 9.11. The Morgan fingerprint density at radius 3 is 2.50 bits per heavy atom. The van der Waals surface area contributed by atoms with E-state index in [2.05, 4.69) is 43.9 Å². The minimum atomic E-state index is 0.166. The predicted octanol–water partition coefficient (Wildman–Crippen LogP) is 3.06. The lowest BCUT2D eigenvalue weighted by Gasteiger charge is -2.33. The van der Waals surface area contributed by atoms with Gasteiger partial charge in [0.15, 0.2) is 0 Å². The first-order valence-corrected chi connectivity index (χ1v) is 7.70. The number of rotatable bonds is 5. The summed E-state index contributed by atoms with van der Waals surface area (Å²) in [5, 5.41) is 0. The molecule has 1 heterocycles. The molecule has 3 heteroatoms. The van der Waals surface area contributed by atoms with E-state index in [4.69, 9.17) is 10.5 Å². The zero-order chi connectivity index (χ0) is 14.7. The van der Waals surface area contributed by atoms with E-state index in [1.54, 1.807) is 7.11 Å². The van der Waals surface area contributed by atoms with Gasteiger partial charge in [0, 0.05) is 19.1 Å². The van der Waals surface area contributed by atoms with E-state index in [0.717, 1.165) is 37.1 Å². The van der Waals surface area contributed by atoms with E-state index < -0.39 is 0 Å². The molecule has 0 aliphatic carbocycles. The van der Waals surface area contributed by atoms with Crippen LogP contribution in [0.25, 0.3) is 0 Å². The van der Waals surface area contributed by atoms with Crippen molar-refractivity contribution < 1.29 is 4.74 Å². The molecule has 0 amide bonds. The lowest BCUT2D eigenvalue weighted by molar-refractivity contribution is 0.200. The van der Waals surface area contributed by atoms with Crippen molar-refractivity contribution in [3.05, 3.63) is 29.8 Å². The van der Waals surface area contributed by atoms with Crippen molar-refractivity contribution in [1.82, 2.24) is 4.90 Å². The van der Waals surface area contributed by atoms with Crippen LogP contribution in [-0.2, 0) is 0 Å². The Labute approximate surface area is 123 Å². The Hall–Kier alpha value is -1.06. The minimum Gasteiger partial charge on any atom is -0.497 e. The highest BCUT2D eigenvalue weighted by Crippen LogP contribution is 2.34. The second-order valence-electron chi connectivity index (χ2n) is 6.20. The van der Waals surface area contributed by atoms with Crippen molar-refractivity contribution in [2.75, 3.05) is 20.2 Å². The van der Waals surface area contributed by atoms with E-state index in [1.807, 2.05) is 6.07 Å². The lowest BCUT2D eigenvalue weighted by atomic mass is 9.96. The highest BCUT2D eigenvalue weighted by molar-refractivity contribution is 5.31. The molecule has 1 aliphatic rings. The van der Waals surface area contributed by atoms with Crippen molar-refractivity contribution >= 4 is 0 Å². The molecule has 112 valence electrons. The van der Waals surface area contributed by atoms with Crippen molar-refractivity contribution in [2.24, 2.45) is 17.6 Å². The summed E-state index contributed by atoms with van der Waals surface area (Å²) in [6, 6.07) is 8.83. The van der Waals surface area contributed by atoms with Gasteiger partial charge in [0.1, 0.15) is 5.75 Å². The number of nitrogens with two attached hydrogens (primary N) is 1. The van der Waals surface area contributed by atoms with Gasteiger partial charge in [-0.05, 0) is 36.0 Å². The molecule has 1 aromatic carbocycles. The van der Waals surface area contributed by atoms with E-state index in [9.17, 15) is 0 Å². The Balaban J connectivity index is 2.27. The quantitative estimate of drug-likeness (QED) is 0.898. The average Bonchev–Trinajstić information content (AvgIpc) is 2.78. The van der Waals surface area contributed by atoms with Gasteiger partial charge in [0.05, 0.1) is 13.2 Å². The third-order valence-corrected chi connectivity index (χ3v) is 4.72. The van der Waals surface area contributed by atoms with Gasteiger partial charge >= 0.3 is 0 Å². The van der Waals surface area contributed by atoms with E-state index >= 15 is 0 Å². The molecule has 2 N–H and O–H groups in total. The third kappa shape index (κ3) is 3.15. The fourth-order valence-corrected chi connectivity index (χ4v) is 3.18. The standard InChI is InChI=1S/C17H28N2O/c1-5-16(18)17(19-10-12(2)13(3)11-19)14-7-6-8-15(9-14)20-4/h6-9,12-13,16-17H,5,10-11,18H2,1-4H3. The molecular weight excluding hydrogens is 248 g/mol. The molecule has 1 aromatic rings. The van der Waals surface area contributed by atoms with E-state index in [0.29, 0.717) is 6.04 Å². The maximum Gasteiger partial charge on any atom is 0.119 e. The number of nitrogens with zero attached hydrogens (tertiary/aromatic N) is 1. The Bertz CT molecular complexity index is 425. The maximum absolute atomic E-state index is 6.43. The first-order valence-electron chi connectivity index (χ1n) is 7.70. The second-order valence-corrected chi connectivity index (χ2v) is 6.20. The summed E-state index contributed by atoms with van der Waals surface area (Å²) in [7, 11) is 1.72.